The standard InChI is InChI=1S/C22H34N2O2/c1-14(13-23-25)18-6-7-19-17-5-4-15-12-16(24-26)8-10-21(15,2)20(17)9-11-22(18,19)3/h12-14,17-20,25-26H,4-11H2,1-3H3/b23-13+,24-16+/t14-,17-,18+,19-,20-,21-,22+/m0/s1. The van der Waals surface area contributed by atoms with Gasteiger partial charge in [0, 0.05) is 6.21 Å². The Bertz CT molecular complexity index is 655. The fourth-order valence-electron chi connectivity index (χ4n) is 7.76. The second-order valence-corrected chi connectivity index (χ2v) is 9.95. The number of oxime groups is 2. The average molecular weight is 359 g/mol. The van der Waals surface area contributed by atoms with Crippen LogP contribution in [0.25, 0.3) is 0 Å². The summed E-state index contributed by atoms with van der Waals surface area (Å²) in [5.74, 6) is 3.42. The fourth-order valence-corrected chi connectivity index (χ4v) is 7.76. The van der Waals surface area contributed by atoms with Crippen LogP contribution in [0.15, 0.2) is 22.0 Å². The lowest BCUT2D eigenvalue weighted by Gasteiger charge is -2.58. The van der Waals surface area contributed by atoms with E-state index in [0.29, 0.717) is 22.7 Å². The largest absolute Gasteiger partial charge is 0.411 e. The second-order valence-electron chi connectivity index (χ2n) is 9.95. The predicted octanol–water partition coefficient (Wildman–Crippen LogP) is 5.49. The zero-order chi connectivity index (χ0) is 18.5. The van der Waals surface area contributed by atoms with Crippen molar-refractivity contribution in [3.63, 3.8) is 0 Å². The minimum absolute atomic E-state index is 0.300. The molecule has 0 spiro atoms. The minimum atomic E-state index is 0.300. The van der Waals surface area contributed by atoms with Gasteiger partial charge in [-0.15, -0.1) is 5.16 Å². The summed E-state index contributed by atoms with van der Waals surface area (Å²) in [6.07, 6.45) is 13.7. The molecule has 2 N–H and O–H groups in total. The molecule has 4 nitrogen and oxygen atoms in total. The molecule has 3 saturated carbocycles. The molecule has 0 bridgehead atoms. The molecule has 4 aliphatic carbocycles. The monoisotopic (exact) mass is 358 g/mol. The van der Waals surface area contributed by atoms with Crippen LogP contribution in [0.3, 0.4) is 0 Å². The van der Waals surface area contributed by atoms with Crippen molar-refractivity contribution in [2.45, 2.75) is 72.1 Å². The number of hydrogen-bond donors (Lipinski definition) is 2. The van der Waals surface area contributed by atoms with Gasteiger partial charge in [0.05, 0.1) is 5.71 Å². The van der Waals surface area contributed by atoms with Gasteiger partial charge >= 0.3 is 0 Å². The highest BCUT2D eigenvalue weighted by molar-refractivity contribution is 5.96. The second kappa shape index (κ2) is 6.38. The van der Waals surface area contributed by atoms with Crippen LogP contribution < -0.4 is 0 Å². The third-order valence-electron chi connectivity index (χ3n) is 9.12. The Balaban J connectivity index is 1.62. The van der Waals surface area contributed by atoms with Gasteiger partial charge in [0.2, 0.25) is 0 Å². The Morgan fingerprint density at radius 1 is 1.08 bits per heavy atom. The molecule has 4 aliphatic rings. The fraction of sp³-hybridized carbons (Fsp3) is 0.818. The SMILES string of the molecule is C[C@@H](/C=N/O)[C@H]1CC[C@H]2[C@@H]3CCC4=C/C(=N/O)CC[C@]4(C)[C@H]3CC[C@]12C. The number of rotatable bonds is 2. The van der Waals surface area contributed by atoms with E-state index < -0.39 is 0 Å². The Morgan fingerprint density at radius 2 is 1.88 bits per heavy atom. The van der Waals surface area contributed by atoms with Crippen molar-refractivity contribution in [2.75, 3.05) is 0 Å². The normalized spacial score (nSPS) is 48.0. The molecule has 0 aliphatic heterocycles. The highest BCUT2D eigenvalue weighted by Crippen LogP contribution is 2.67. The van der Waals surface area contributed by atoms with Gasteiger partial charge in [0.25, 0.3) is 0 Å². The van der Waals surface area contributed by atoms with E-state index in [2.05, 4.69) is 37.2 Å². The third kappa shape index (κ3) is 2.47. The molecular weight excluding hydrogens is 324 g/mol. The van der Waals surface area contributed by atoms with Crippen LogP contribution in [0, 0.1) is 40.4 Å². The first-order chi connectivity index (χ1) is 12.4. The van der Waals surface area contributed by atoms with Crippen molar-refractivity contribution in [2.24, 2.45) is 50.7 Å². The Hall–Kier alpha value is -1.32. The number of hydrogen-bond acceptors (Lipinski definition) is 4. The van der Waals surface area contributed by atoms with E-state index in [9.17, 15) is 5.21 Å². The van der Waals surface area contributed by atoms with Gasteiger partial charge < -0.3 is 10.4 Å². The number of allylic oxidation sites excluding steroid dienone is 2. The van der Waals surface area contributed by atoms with Gasteiger partial charge in [0.1, 0.15) is 0 Å². The topological polar surface area (TPSA) is 65.2 Å². The average Bonchev–Trinajstić information content (AvgIpc) is 2.98. The summed E-state index contributed by atoms with van der Waals surface area (Å²) < 4.78 is 0. The van der Waals surface area contributed by atoms with Crippen molar-refractivity contribution >= 4 is 11.9 Å². The third-order valence-corrected chi connectivity index (χ3v) is 9.12. The van der Waals surface area contributed by atoms with E-state index in [1.54, 1.807) is 6.21 Å². The molecule has 0 amide bonds. The van der Waals surface area contributed by atoms with Gasteiger partial charge in [-0.25, -0.2) is 0 Å². The van der Waals surface area contributed by atoms with E-state index in [-0.39, 0.29) is 0 Å². The maximum Gasteiger partial charge on any atom is 0.0795 e. The Labute approximate surface area is 157 Å². The lowest BCUT2D eigenvalue weighted by Crippen LogP contribution is -2.51. The molecule has 144 valence electrons. The maximum absolute atomic E-state index is 9.19. The molecule has 0 aromatic rings. The lowest BCUT2D eigenvalue weighted by molar-refractivity contribution is -0.0526. The van der Waals surface area contributed by atoms with Crippen molar-refractivity contribution < 1.29 is 10.4 Å². The van der Waals surface area contributed by atoms with Crippen LogP contribution in [0.2, 0.25) is 0 Å². The van der Waals surface area contributed by atoms with E-state index in [4.69, 9.17) is 5.21 Å². The van der Waals surface area contributed by atoms with Crippen molar-refractivity contribution in [3.05, 3.63) is 11.6 Å². The van der Waals surface area contributed by atoms with Crippen LogP contribution in [-0.4, -0.2) is 22.3 Å². The van der Waals surface area contributed by atoms with Gasteiger partial charge in [-0.1, -0.05) is 31.5 Å². The number of fused-ring (bicyclic) bond motifs is 5. The number of nitrogens with zero attached hydrogens (tertiary/aromatic N) is 2. The maximum atomic E-state index is 9.19. The predicted molar refractivity (Wildman–Crippen MR) is 104 cm³/mol. The van der Waals surface area contributed by atoms with Crippen molar-refractivity contribution in [1.29, 1.82) is 0 Å². The molecule has 0 aromatic carbocycles. The minimum Gasteiger partial charge on any atom is -0.411 e. The zero-order valence-electron chi connectivity index (χ0n) is 16.5. The highest BCUT2D eigenvalue weighted by Gasteiger charge is 2.59. The first kappa shape index (κ1) is 18.1. The molecule has 4 heteroatoms. The lowest BCUT2D eigenvalue weighted by atomic mass is 9.46. The highest BCUT2D eigenvalue weighted by atomic mass is 16.4. The molecule has 0 aromatic heterocycles. The molecule has 26 heavy (non-hydrogen) atoms. The summed E-state index contributed by atoms with van der Waals surface area (Å²) in [7, 11) is 0. The van der Waals surface area contributed by atoms with E-state index >= 15 is 0 Å². The van der Waals surface area contributed by atoms with Crippen molar-refractivity contribution in [3.8, 4) is 0 Å². The van der Waals surface area contributed by atoms with Crippen LogP contribution in [0.1, 0.15) is 72.1 Å². The van der Waals surface area contributed by atoms with E-state index in [0.717, 1.165) is 36.3 Å². The van der Waals surface area contributed by atoms with Gasteiger partial charge in [-0.3, -0.25) is 0 Å². The van der Waals surface area contributed by atoms with Crippen LogP contribution >= 0.6 is 0 Å². The summed E-state index contributed by atoms with van der Waals surface area (Å²) in [6.45, 7) is 7.24. The summed E-state index contributed by atoms with van der Waals surface area (Å²) >= 11 is 0. The van der Waals surface area contributed by atoms with Crippen LogP contribution in [0.5, 0.6) is 0 Å². The molecule has 4 rings (SSSR count). The van der Waals surface area contributed by atoms with Crippen molar-refractivity contribution in [1.82, 2.24) is 0 Å². The quantitative estimate of drug-likeness (QED) is 0.389. The summed E-state index contributed by atoms with van der Waals surface area (Å²) in [6, 6.07) is 0. The Morgan fingerprint density at radius 3 is 2.62 bits per heavy atom. The molecule has 7 atom stereocenters. The summed E-state index contributed by atoms with van der Waals surface area (Å²) in [4.78, 5) is 0. The van der Waals surface area contributed by atoms with Gasteiger partial charge in [0.15, 0.2) is 0 Å². The van der Waals surface area contributed by atoms with Gasteiger partial charge in [-0.05, 0) is 97.9 Å². The molecule has 3 fully saturated rings. The summed E-state index contributed by atoms with van der Waals surface area (Å²) in [5, 5.41) is 25.0. The van der Waals surface area contributed by atoms with Crippen LogP contribution in [-0.2, 0) is 0 Å². The summed E-state index contributed by atoms with van der Waals surface area (Å²) in [5.41, 5.74) is 3.10. The molecule has 0 unspecified atom stereocenters. The first-order valence-electron chi connectivity index (χ1n) is 10.5. The first-order valence-corrected chi connectivity index (χ1v) is 10.5. The van der Waals surface area contributed by atoms with E-state index in [1.807, 2.05) is 0 Å². The Kier molecular flexibility index (Phi) is 4.44. The molecule has 0 radical (unpaired) electrons. The van der Waals surface area contributed by atoms with E-state index in [1.165, 1.54) is 44.1 Å². The van der Waals surface area contributed by atoms with Gasteiger partial charge in [-0.2, -0.15) is 0 Å². The molecular formula is C22H34N2O2. The smallest absolute Gasteiger partial charge is 0.0795 e. The molecule has 0 saturated heterocycles. The van der Waals surface area contributed by atoms with Crippen LogP contribution in [0.4, 0.5) is 0 Å². The molecule has 0 heterocycles. The zero-order valence-corrected chi connectivity index (χ0v) is 16.5.